The lowest BCUT2D eigenvalue weighted by molar-refractivity contribution is -0.138. The van der Waals surface area contributed by atoms with Crippen LogP contribution in [0, 0.1) is 5.92 Å². The van der Waals surface area contributed by atoms with E-state index < -0.39 is 24.8 Å². The minimum absolute atomic E-state index is 0.376. The third-order valence-electron chi connectivity index (χ3n) is 2.46. The van der Waals surface area contributed by atoms with Gasteiger partial charge in [0.1, 0.15) is 0 Å². The Kier molecular flexibility index (Phi) is 4.32. The standard InChI is InChI=1S/C10H13F4NO/c11-9(12)10(13,14)6-15-8(16)7-4-2-1-3-5-7/h1-2,7,9H,3-6H2,(H,15,16)/t7-/m0/s1. The van der Waals surface area contributed by atoms with Crippen LogP contribution in [0.2, 0.25) is 0 Å². The van der Waals surface area contributed by atoms with E-state index in [0.29, 0.717) is 19.3 Å². The van der Waals surface area contributed by atoms with Crippen LogP contribution in [0.25, 0.3) is 0 Å². The molecular weight excluding hydrogens is 226 g/mol. The normalized spacial score (nSPS) is 21.2. The van der Waals surface area contributed by atoms with Crippen molar-refractivity contribution in [3.63, 3.8) is 0 Å². The minimum Gasteiger partial charge on any atom is -0.350 e. The summed E-state index contributed by atoms with van der Waals surface area (Å²) < 4.78 is 48.6. The molecule has 0 saturated heterocycles. The summed E-state index contributed by atoms with van der Waals surface area (Å²) in [6.45, 7) is -1.30. The van der Waals surface area contributed by atoms with E-state index in [-0.39, 0.29) is 5.92 Å². The van der Waals surface area contributed by atoms with E-state index in [1.165, 1.54) is 0 Å². The van der Waals surface area contributed by atoms with Gasteiger partial charge in [-0.05, 0) is 19.3 Å². The van der Waals surface area contributed by atoms with Gasteiger partial charge in [-0.3, -0.25) is 4.79 Å². The minimum atomic E-state index is -4.15. The molecule has 6 heteroatoms. The first-order valence-corrected chi connectivity index (χ1v) is 5.02. The van der Waals surface area contributed by atoms with Gasteiger partial charge in [0.05, 0.1) is 6.54 Å². The number of amides is 1. The SMILES string of the molecule is O=C(NCC(F)(F)C(F)F)[C@H]1CC=CCC1. The Labute approximate surface area is 90.7 Å². The summed E-state index contributed by atoms with van der Waals surface area (Å²) in [6.07, 6.45) is 1.70. The molecule has 1 amide bonds. The second-order valence-electron chi connectivity index (χ2n) is 3.76. The monoisotopic (exact) mass is 239 g/mol. The molecule has 92 valence electrons. The van der Waals surface area contributed by atoms with Crippen molar-refractivity contribution >= 4 is 5.91 Å². The van der Waals surface area contributed by atoms with Gasteiger partial charge in [-0.2, -0.15) is 8.78 Å². The zero-order chi connectivity index (χ0) is 12.2. The molecule has 2 nitrogen and oxygen atoms in total. The van der Waals surface area contributed by atoms with Gasteiger partial charge in [-0.25, -0.2) is 8.78 Å². The number of nitrogens with one attached hydrogen (secondary N) is 1. The molecule has 0 saturated carbocycles. The first-order chi connectivity index (χ1) is 7.43. The Balaban J connectivity index is 2.37. The van der Waals surface area contributed by atoms with E-state index in [0.717, 1.165) is 0 Å². The fourth-order valence-corrected chi connectivity index (χ4v) is 1.46. The highest BCUT2D eigenvalue weighted by Crippen LogP contribution is 2.22. The van der Waals surface area contributed by atoms with Gasteiger partial charge in [0.25, 0.3) is 0 Å². The number of allylic oxidation sites excluding steroid dienone is 2. The van der Waals surface area contributed by atoms with Gasteiger partial charge >= 0.3 is 12.3 Å². The largest absolute Gasteiger partial charge is 0.350 e. The van der Waals surface area contributed by atoms with Crippen LogP contribution in [0.5, 0.6) is 0 Å². The van der Waals surface area contributed by atoms with Crippen molar-refractivity contribution in [2.24, 2.45) is 5.92 Å². The molecule has 0 aromatic carbocycles. The summed E-state index contributed by atoms with van der Waals surface area (Å²) in [4.78, 5) is 11.3. The second-order valence-corrected chi connectivity index (χ2v) is 3.76. The van der Waals surface area contributed by atoms with Crippen LogP contribution in [-0.2, 0) is 4.79 Å². The van der Waals surface area contributed by atoms with Gasteiger partial charge in [-0.15, -0.1) is 0 Å². The molecule has 0 heterocycles. The van der Waals surface area contributed by atoms with Crippen LogP contribution < -0.4 is 5.32 Å². The lowest BCUT2D eigenvalue weighted by Crippen LogP contribution is -2.43. The molecule has 0 aromatic heterocycles. The highest BCUT2D eigenvalue weighted by molar-refractivity contribution is 5.79. The highest BCUT2D eigenvalue weighted by Gasteiger charge is 2.41. The zero-order valence-electron chi connectivity index (χ0n) is 8.56. The van der Waals surface area contributed by atoms with Crippen LogP contribution in [0.4, 0.5) is 17.6 Å². The number of rotatable bonds is 4. The van der Waals surface area contributed by atoms with Crippen molar-refractivity contribution in [3.8, 4) is 0 Å². The van der Waals surface area contributed by atoms with E-state index in [1.54, 1.807) is 6.08 Å². The number of hydrogen-bond acceptors (Lipinski definition) is 1. The third kappa shape index (κ3) is 3.50. The molecule has 0 spiro atoms. The van der Waals surface area contributed by atoms with Crippen LogP contribution in [0.3, 0.4) is 0 Å². The van der Waals surface area contributed by atoms with Gasteiger partial charge in [-0.1, -0.05) is 12.2 Å². The maximum Gasteiger partial charge on any atom is 0.324 e. The molecule has 1 rings (SSSR count). The van der Waals surface area contributed by atoms with E-state index in [2.05, 4.69) is 0 Å². The molecule has 1 atom stereocenters. The average molecular weight is 239 g/mol. The van der Waals surface area contributed by atoms with E-state index in [9.17, 15) is 22.4 Å². The van der Waals surface area contributed by atoms with E-state index >= 15 is 0 Å². The molecular formula is C10H13F4NO. The molecule has 16 heavy (non-hydrogen) atoms. The first kappa shape index (κ1) is 13.0. The molecule has 1 N–H and O–H groups in total. The van der Waals surface area contributed by atoms with Gasteiger partial charge in [0.15, 0.2) is 0 Å². The second kappa shape index (κ2) is 5.32. The van der Waals surface area contributed by atoms with Gasteiger partial charge in [0.2, 0.25) is 5.91 Å². The molecule has 0 unspecified atom stereocenters. The molecule has 0 radical (unpaired) electrons. The van der Waals surface area contributed by atoms with Crippen LogP contribution in [-0.4, -0.2) is 24.8 Å². The zero-order valence-corrected chi connectivity index (χ0v) is 8.56. The molecule has 1 aliphatic carbocycles. The molecule has 0 aromatic rings. The summed E-state index contributed by atoms with van der Waals surface area (Å²) in [5, 5.41) is 1.87. The Bertz CT molecular complexity index is 278. The predicted octanol–water partition coefficient (Wildman–Crippen LogP) is 2.36. The van der Waals surface area contributed by atoms with Crippen molar-refractivity contribution in [2.45, 2.75) is 31.6 Å². The average Bonchev–Trinajstić information content (AvgIpc) is 2.27. The lowest BCUT2D eigenvalue weighted by atomic mass is 9.93. The predicted molar refractivity (Wildman–Crippen MR) is 50.4 cm³/mol. The van der Waals surface area contributed by atoms with Crippen molar-refractivity contribution in [1.82, 2.24) is 5.32 Å². The summed E-state index contributed by atoms with van der Waals surface area (Å²) in [5.41, 5.74) is 0. The van der Waals surface area contributed by atoms with Crippen molar-refractivity contribution in [3.05, 3.63) is 12.2 Å². The van der Waals surface area contributed by atoms with E-state index in [4.69, 9.17) is 0 Å². The molecule has 0 bridgehead atoms. The number of carbonyl (C=O) groups excluding carboxylic acids is 1. The summed E-state index contributed by atoms with van der Waals surface area (Å²) in [6, 6.07) is 0. The Morgan fingerprint density at radius 2 is 2.12 bits per heavy atom. The fourth-order valence-electron chi connectivity index (χ4n) is 1.46. The molecule has 0 fully saturated rings. The number of halogens is 4. The lowest BCUT2D eigenvalue weighted by Gasteiger charge is -2.20. The fraction of sp³-hybridized carbons (Fsp3) is 0.700. The van der Waals surface area contributed by atoms with Crippen LogP contribution in [0.15, 0.2) is 12.2 Å². The van der Waals surface area contributed by atoms with Crippen LogP contribution in [0.1, 0.15) is 19.3 Å². The van der Waals surface area contributed by atoms with Crippen molar-refractivity contribution in [1.29, 1.82) is 0 Å². The summed E-state index contributed by atoms with van der Waals surface area (Å²) in [5.74, 6) is -5.11. The number of hydrogen-bond donors (Lipinski definition) is 1. The van der Waals surface area contributed by atoms with Crippen molar-refractivity contribution in [2.75, 3.05) is 6.54 Å². The number of carbonyl (C=O) groups is 1. The highest BCUT2D eigenvalue weighted by atomic mass is 19.3. The quantitative estimate of drug-likeness (QED) is 0.592. The van der Waals surface area contributed by atoms with Crippen LogP contribution >= 0.6 is 0 Å². The smallest absolute Gasteiger partial charge is 0.324 e. The molecule has 1 aliphatic rings. The summed E-state index contributed by atoms with van der Waals surface area (Å²) in [7, 11) is 0. The Morgan fingerprint density at radius 1 is 1.44 bits per heavy atom. The maximum atomic E-state index is 12.5. The third-order valence-corrected chi connectivity index (χ3v) is 2.46. The first-order valence-electron chi connectivity index (χ1n) is 5.02. The number of alkyl halides is 4. The molecule has 0 aliphatic heterocycles. The topological polar surface area (TPSA) is 29.1 Å². The maximum absolute atomic E-state index is 12.5. The van der Waals surface area contributed by atoms with E-state index in [1.807, 2.05) is 11.4 Å². The Hall–Kier alpha value is -1.07. The van der Waals surface area contributed by atoms with Gasteiger partial charge < -0.3 is 5.32 Å². The van der Waals surface area contributed by atoms with Gasteiger partial charge in [0, 0.05) is 5.92 Å². The summed E-state index contributed by atoms with van der Waals surface area (Å²) >= 11 is 0. The Morgan fingerprint density at radius 3 is 2.62 bits per heavy atom. The van der Waals surface area contributed by atoms with Crippen molar-refractivity contribution < 1.29 is 22.4 Å².